The molecule has 1 atom stereocenters. The van der Waals surface area contributed by atoms with Crippen molar-refractivity contribution in [3.05, 3.63) is 18.2 Å². The highest BCUT2D eigenvalue weighted by Crippen LogP contribution is 2.42. The van der Waals surface area contributed by atoms with E-state index in [1.807, 2.05) is 0 Å². The lowest BCUT2D eigenvalue weighted by molar-refractivity contribution is -0.286. The Bertz CT molecular complexity index is 637. The number of anilines is 1. The van der Waals surface area contributed by atoms with E-state index in [9.17, 15) is 18.4 Å². The van der Waals surface area contributed by atoms with Gasteiger partial charge in [-0.1, -0.05) is 0 Å². The van der Waals surface area contributed by atoms with Crippen LogP contribution in [-0.2, 0) is 4.79 Å². The van der Waals surface area contributed by atoms with Crippen LogP contribution >= 0.6 is 0 Å². The molecule has 1 saturated heterocycles. The number of carboxylic acid groups (broad SMARTS) is 1. The third kappa shape index (κ3) is 2.74. The van der Waals surface area contributed by atoms with Crippen molar-refractivity contribution in [2.45, 2.75) is 12.7 Å². The highest BCUT2D eigenvalue weighted by Gasteiger charge is 2.43. The maximum absolute atomic E-state index is 12.9. The van der Waals surface area contributed by atoms with Crippen LogP contribution in [0.2, 0.25) is 0 Å². The molecule has 118 valence electrons. The molecule has 0 bridgehead atoms. The molecule has 1 fully saturated rings. The lowest BCUT2D eigenvalue weighted by Crippen LogP contribution is -2.33. The first-order valence-electron chi connectivity index (χ1n) is 6.53. The number of ether oxygens (including phenoxy) is 2. The molecule has 0 aromatic heterocycles. The summed E-state index contributed by atoms with van der Waals surface area (Å²) >= 11 is 0. The van der Waals surface area contributed by atoms with E-state index in [2.05, 4.69) is 14.8 Å². The molecule has 0 radical (unpaired) electrons. The number of benzene rings is 1. The molecule has 2 aliphatic heterocycles. The number of amides is 2. The predicted molar refractivity (Wildman–Crippen MR) is 69.0 cm³/mol. The molecule has 0 aliphatic carbocycles. The first-order valence-corrected chi connectivity index (χ1v) is 6.53. The Morgan fingerprint density at radius 3 is 2.73 bits per heavy atom. The van der Waals surface area contributed by atoms with Crippen LogP contribution in [0.25, 0.3) is 0 Å². The number of carbonyl (C=O) groups is 2. The third-order valence-corrected chi connectivity index (χ3v) is 3.48. The number of rotatable bonds is 2. The van der Waals surface area contributed by atoms with E-state index in [4.69, 9.17) is 5.11 Å². The van der Waals surface area contributed by atoms with Gasteiger partial charge in [0.15, 0.2) is 11.5 Å². The maximum atomic E-state index is 12.9. The molecule has 22 heavy (non-hydrogen) atoms. The zero-order valence-electron chi connectivity index (χ0n) is 11.2. The van der Waals surface area contributed by atoms with Gasteiger partial charge in [-0.05, 0) is 18.6 Å². The minimum Gasteiger partial charge on any atom is -0.481 e. The number of likely N-dealkylation sites (tertiary alicyclic amines) is 1. The number of alkyl halides is 2. The monoisotopic (exact) mass is 314 g/mol. The lowest BCUT2D eigenvalue weighted by Gasteiger charge is -2.16. The fourth-order valence-corrected chi connectivity index (χ4v) is 2.38. The molecule has 1 aromatic carbocycles. The van der Waals surface area contributed by atoms with Crippen molar-refractivity contribution in [1.82, 2.24) is 4.90 Å². The zero-order chi connectivity index (χ0) is 15.9. The van der Waals surface area contributed by atoms with Crippen molar-refractivity contribution < 1.29 is 33.0 Å². The number of nitrogens with one attached hydrogen (secondary N) is 1. The van der Waals surface area contributed by atoms with Gasteiger partial charge in [0.2, 0.25) is 0 Å². The molecular weight excluding hydrogens is 302 g/mol. The van der Waals surface area contributed by atoms with Gasteiger partial charge in [0.1, 0.15) is 0 Å². The van der Waals surface area contributed by atoms with Crippen molar-refractivity contribution in [2.24, 2.45) is 5.92 Å². The summed E-state index contributed by atoms with van der Waals surface area (Å²) in [6.45, 7) is 0.440. The second kappa shape index (κ2) is 5.00. The number of urea groups is 1. The number of hydrogen-bond acceptors (Lipinski definition) is 4. The predicted octanol–water partition coefficient (Wildman–Crippen LogP) is 1.95. The molecule has 2 heterocycles. The Kier molecular flexibility index (Phi) is 3.27. The summed E-state index contributed by atoms with van der Waals surface area (Å²) in [5, 5.41) is 11.4. The Morgan fingerprint density at radius 1 is 1.32 bits per heavy atom. The van der Waals surface area contributed by atoms with Gasteiger partial charge in [0, 0.05) is 24.8 Å². The van der Waals surface area contributed by atoms with Crippen LogP contribution in [0, 0.1) is 5.92 Å². The van der Waals surface area contributed by atoms with E-state index >= 15 is 0 Å². The van der Waals surface area contributed by atoms with Gasteiger partial charge in [-0.25, -0.2) is 4.79 Å². The average molecular weight is 314 g/mol. The van der Waals surface area contributed by atoms with E-state index < -0.39 is 24.2 Å². The van der Waals surface area contributed by atoms with Crippen molar-refractivity contribution in [3.8, 4) is 11.5 Å². The Morgan fingerprint density at radius 2 is 2.05 bits per heavy atom. The quantitative estimate of drug-likeness (QED) is 0.871. The molecule has 1 aromatic rings. The SMILES string of the molecule is O=C(O)C1CCN(C(=O)Nc2ccc3c(c2)OC(F)(F)O3)C1. The van der Waals surface area contributed by atoms with Gasteiger partial charge < -0.3 is 24.8 Å². The van der Waals surface area contributed by atoms with Crippen molar-refractivity contribution in [2.75, 3.05) is 18.4 Å². The number of aliphatic carboxylic acids is 1. The normalized spacial score (nSPS) is 21.7. The molecule has 1 unspecified atom stereocenters. The third-order valence-electron chi connectivity index (χ3n) is 3.48. The molecule has 0 spiro atoms. The van der Waals surface area contributed by atoms with Crippen molar-refractivity contribution in [3.63, 3.8) is 0 Å². The van der Waals surface area contributed by atoms with Gasteiger partial charge in [-0.3, -0.25) is 4.79 Å². The average Bonchev–Trinajstić information content (AvgIpc) is 3.00. The number of carboxylic acids is 1. The topological polar surface area (TPSA) is 88.1 Å². The van der Waals surface area contributed by atoms with Crippen molar-refractivity contribution >= 4 is 17.7 Å². The van der Waals surface area contributed by atoms with Gasteiger partial charge in [0.05, 0.1) is 5.92 Å². The van der Waals surface area contributed by atoms with Crippen LogP contribution < -0.4 is 14.8 Å². The van der Waals surface area contributed by atoms with E-state index in [0.717, 1.165) is 0 Å². The number of nitrogens with zero attached hydrogens (tertiary/aromatic N) is 1. The molecule has 2 N–H and O–H groups in total. The molecule has 9 heteroatoms. The summed E-state index contributed by atoms with van der Waals surface area (Å²) in [6, 6.07) is 3.38. The smallest absolute Gasteiger partial charge is 0.481 e. The number of carbonyl (C=O) groups excluding carboxylic acids is 1. The minimum absolute atomic E-state index is 0.115. The fourth-order valence-electron chi connectivity index (χ4n) is 2.38. The van der Waals surface area contributed by atoms with Gasteiger partial charge in [-0.2, -0.15) is 0 Å². The Hall–Kier alpha value is -2.58. The largest absolute Gasteiger partial charge is 0.586 e. The molecule has 2 aliphatic rings. The number of hydrogen-bond donors (Lipinski definition) is 2. The van der Waals surface area contributed by atoms with Crippen LogP contribution in [0.1, 0.15) is 6.42 Å². The van der Waals surface area contributed by atoms with E-state index in [1.165, 1.54) is 23.1 Å². The van der Waals surface area contributed by atoms with Crippen LogP contribution in [0.4, 0.5) is 19.3 Å². The molecular formula is C13H12F2N2O5. The molecule has 7 nitrogen and oxygen atoms in total. The first-order chi connectivity index (χ1) is 10.3. The maximum Gasteiger partial charge on any atom is 0.586 e. The Labute approximate surface area is 123 Å². The molecule has 2 amide bonds. The summed E-state index contributed by atoms with van der Waals surface area (Å²) in [6.07, 6.45) is -3.33. The van der Waals surface area contributed by atoms with Crippen LogP contribution in [0.3, 0.4) is 0 Å². The van der Waals surface area contributed by atoms with E-state index in [0.29, 0.717) is 13.0 Å². The molecule has 0 saturated carbocycles. The second-order valence-electron chi connectivity index (χ2n) is 5.03. The van der Waals surface area contributed by atoms with E-state index in [1.54, 1.807) is 0 Å². The summed E-state index contributed by atoms with van der Waals surface area (Å²) in [5.41, 5.74) is 0.254. The highest BCUT2D eigenvalue weighted by molar-refractivity contribution is 5.90. The van der Waals surface area contributed by atoms with Gasteiger partial charge in [0.25, 0.3) is 0 Å². The Balaban J connectivity index is 1.65. The van der Waals surface area contributed by atoms with Gasteiger partial charge >= 0.3 is 18.3 Å². The summed E-state index contributed by atoms with van der Waals surface area (Å²) in [7, 11) is 0. The summed E-state index contributed by atoms with van der Waals surface area (Å²) in [5.74, 6) is -1.82. The fraction of sp³-hybridized carbons (Fsp3) is 0.385. The van der Waals surface area contributed by atoms with Crippen LogP contribution in [-0.4, -0.2) is 41.4 Å². The number of halogens is 2. The van der Waals surface area contributed by atoms with Gasteiger partial charge in [-0.15, -0.1) is 8.78 Å². The molecule has 3 rings (SSSR count). The lowest BCUT2D eigenvalue weighted by atomic mass is 10.1. The van der Waals surface area contributed by atoms with Crippen molar-refractivity contribution in [1.29, 1.82) is 0 Å². The summed E-state index contributed by atoms with van der Waals surface area (Å²) in [4.78, 5) is 24.2. The first kappa shape index (κ1) is 14.4. The van der Waals surface area contributed by atoms with Crippen LogP contribution in [0.15, 0.2) is 18.2 Å². The van der Waals surface area contributed by atoms with Crippen LogP contribution in [0.5, 0.6) is 11.5 Å². The standard InChI is InChI=1S/C13H12F2N2O5/c14-13(15)21-9-2-1-8(5-10(9)22-13)16-12(20)17-4-3-7(6-17)11(18)19/h1-2,5,7H,3-4,6H2,(H,16,20)(H,18,19). The number of fused-ring (bicyclic) bond motifs is 1. The summed E-state index contributed by atoms with van der Waals surface area (Å²) < 4.78 is 34.3. The minimum atomic E-state index is -3.71. The van der Waals surface area contributed by atoms with E-state index in [-0.39, 0.29) is 23.7 Å². The highest BCUT2D eigenvalue weighted by atomic mass is 19.3. The zero-order valence-corrected chi connectivity index (χ0v) is 11.2. The second-order valence-corrected chi connectivity index (χ2v) is 5.03.